The van der Waals surface area contributed by atoms with Gasteiger partial charge in [-0.05, 0) is 47.1 Å². The topological polar surface area (TPSA) is 33.1 Å². The van der Waals surface area contributed by atoms with E-state index in [1.54, 1.807) is 0 Å². The summed E-state index contributed by atoms with van der Waals surface area (Å²) < 4.78 is 2.24. The largest absolute Gasteiger partial charge is 0.334 e. The van der Waals surface area contributed by atoms with Gasteiger partial charge in [0.1, 0.15) is 5.82 Å². The molecule has 1 atom stereocenters. The Morgan fingerprint density at radius 1 is 1.37 bits per heavy atom. The zero-order chi connectivity index (χ0) is 13.9. The summed E-state index contributed by atoms with van der Waals surface area (Å²) in [5, 5.41) is 3.64. The number of nitrogens with zero attached hydrogens (tertiary/aromatic N) is 3. The van der Waals surface area contributed by atoms with Crippen LogP contribution in [-0.2, 0) is 6.54 Å². The second kappa shape index (κ2) is 6.06. The maximum atomic E-state index is 4.28. The normalized spacial score (nSPS) is 21.2. The van der Waals surface area contributed by atoms with Crippen molar-refractivity contribution < 1.29 is 0 Å². The molecule has 0 bridgehead atoms. The molecular weight excluding hydrogens is 236 g/mol. The molecule has 0 spiro atoms. The molecule has 1 fully saturated rings. The Bertz CT molecular complexity index is 391. The van der Waals surface area contributed by atoms with E-state index in [9.17, 15) is 0 Å². The molecule has 4 heteroatoms. The van der Waals surface area contributed by atoms with Crippen molar-refractivity contribution in [2.75, 3.05) is 19.6 Å². The standard InChI is InChI=1S/C15H28N4/c1-13-16-7-9-18(13)10-11-19-8-5-6-14(19)12-17-15(2,3)4/h7,9,14,17H,5-6,8,10-12H2,1-4H3. The number of likely N-dealkylation sites (tertiary alicyclic amines) is 1. The summed E-state index contributed by atoms with van der Waals surface area (Å²) >= 11 is 0. The number of hydrogen-bond donors (Lipinski definition) is 1. The molecule has 0 aliphatic carbocycles. The van der Waals surface area contributed by atoms with E-state index in [1.165, 1.54) is 19.4 Å². The van der Waals surface area contributed by atoms with Crippen molar-refractivity contribution in [2.45, 2.75) is 58.7 Å². The van der Waals surface area contributed by atoms with E-state index in [2.05, 4.69) is 53.7 Å². The minimum absolute atomic E-state index is 0.217. The first-order chi connectivity index (χ1) is 8.96. The Morgan fingerprint density at radius 3 is 2.79 bits per heavy atom. The zero-order valence-corrected chi connectivity index (χ0v) is 12.8. The first-order valence-electron chi connectivity index (χ1n) is 7.42. The highest BCUT2D eigenvalue weighted by atomic mass is 15.2. The lowest BCUT2D eigenvalue weighted by Crippen LogP contribution is -2.45. The van der Waals surface area contributed by atoms with Gasteiger partial charge >= 0.3 is 0 Å². The van der Waals surface area contributed by atoms with Crippen molar-refractivity contribution in [1.29, 1.82) is 0 Å². The molecule has 108 valence electrons. The van der Waals surface area contributed by atoms with Crippen molar-refractivity contribution in [3.05, 3.63) is 18.2 Å². The van der Waals surface area contributed by atoms with Crippen LogP contribution >= 0.6 is 0 Å². The number of rotatable bonds is 5. The predicted octanol–water partition coefficient (Wildman–Crippen LogP) is 2.04. The Kier molecular flexibility index (Phi) is 4.63. The van der Waals surface area contributed by atoms with Crippen LogP contribution in [0, 0.1) is 6.92 Å². The van der Waals surface area contributed by atoms with Gasteiger partial charge in [-0.1, -0.05) is 0 Å². The van der Waals surface area contributed by atoms with Crippen LogP contribution in [0.1, 0.15) is 39.4 Å². The van der Waals surface area contributed by atoms with E-state index in [1.807, 2.05) is 6.20 Å². The van der Waals surface area contributed by atoms with Gasteiger partial charge in [0.05, 0.1) is 0 Å². The summed E-state index contributed by atoms with van der Waals surface area (Å²) in [6.45, 7) is 13.3. The fraction of sp³-hybridized carbons (Fsp3) is 0.800. The van der Waals surface area contributed by atoms with Crippen molar-refractivity contribution in [3.63, 3.8) is 0 Å². The highest BCUT2D eigenvalue weighted by Gasteiger charge is 2.25. The number of imidazole rings is 1. The zero-order valence-electron chi connectivity index (χ0n) is 12.8. The van der Waals surface area contributed by atoms with E-state index >= 15 is 0 Å². The highest BCUT2D eigenvalue weighted by Crippen LogP contribution is 2.17. The highest BCUT2D eigenvalue weighted by molar-refractivity contribution is 4.90. The molecule has 1 aromatic rings. The van der Waals surface area contributed by atoms with Gasteiger partial charge < -0.3 is 9.88 Å². The quantitative estimate of drug-likeness (QED) is 0.883. The van der Waals surface area contributed by atoms with E-state index in [-0.39, 0.29) is 5.54 Å². The molecule has 1 aromatic heterocycles. The average Bonchev–Trinajstić information content (AvgIpc) is 2.91. The number of nitrogens with one attached hydrogen (secondary N) is 1. The van der Waals surface area contributed by atoms with Crippen LogP contribution in [0.25, 0.3) is 0 Å². The third-order valence-corrected chi connectivity index (χ3v) is 3.92. The van der Waals surface area contributed by atoms with Gasteiger partial charge in [0.2, 0.25) is 0 Å². The summed E-state index contributed by atoms with van der Waals surface area (Å²) in [5.74, 6) is 1.11. The molecule has 19 heavy (non-hydrogen) atoms. The first kappa shape index (κ1) is 14.5. The van der Waals surface area contributed by atoms with Gasteiger partial charge in [0.25, 0.3) is 0 Å². The molecule has 1 unspecified atom stereocenters. The molecule has 0 radical (unpaired) electrons. The first-order valence-corrected chi connectivity index (χ1v) is 7.42. The van der Waals surface area contributed by atoms with Crippen LogP contribution in [0.5, 0.6) is 0 Å². The van der Waals surface area contributed by atoms with Gasteiger partial charge in [-0.3, -0.25) is 4.90 Å². The average molecular weight is 264 g/mol. The minimum Gasteiger partial charge on any atom is -0.334 e. The fourth-order valence-electron chi connectivity index (χ4n) is 2.72. The van der Waals surface area contributed by atoms with E-state index < -0.39 is 0 Å². The van der Waals surface area contributed by atoms with Gasteiger partial charge in [0.15, 0.2) is 0 Å². The summed E-state index contributed by atoms with van der Waals surface area (Å²) in [6, 6.07) is 0.697. The summed E-state index contributed by atoms with van der Waals surface area (Å²) in [5.41, 5.74) is 0.217. The smallest absolute Gasteiger partial charge is 0.105 e. The molecule has 1 saturated heterocycles. The maximum Gasteiger partial charge on any atom is 0.105 e. The summed E-state index contributed by atoms with van der Waals surface area (Å²) in [7, 11) is 0. The van der Waals surface area contributed by atoms with Gasteiger partial charge in [-0.2, -0.15) is 0 Å². The minimum atomic E-state index is 0.217. The Labute approximate surface area is 117 Å². The van der Waals surface area contributed by atoms with Crippen molar-refractivity contribution in [1.82, 2.24) is 19.8 Å². The summed E-state index contributed by atoms with van der Waals surface area (Å²) in [6.07, 6.45) is 6.62. The molecule has 0 amide bonds. The van der Waals surface area contributed by atoms with Crippen LogP contribution in [0.3, 0.4) is 0 Å². The summed E-state index contributed by atoms with van der Waals surface area (Å²) in [4.78, 5) is 6.90. The Hall–Kier alpha value is -0.870. The molecule has 1 N–H and O–H groups in total. The van der Waals surface area contributed by atoms with Crippen LogP contribution in [0.15, 0.2) is 12.4 Å². The Morgan fingerprint density at radius 2 is 2.16 bits per heavy atom. The molecule has 2 heterocycles. The van der Waals surface area contributed by atoms with E-state index in [4.69, 9.17) is 0 Å². The lowest BCUT2D eigenvalue weighted by Gasteiger charge is -2.29. The van der Waals surface area contributed by atoms with E-state index in [0.29, 0.717) is 6.04 Å². The van der Waals surface area contributed by atoms with Crippen molar-refractivity contribution in [2.24, 2.45) is 0 Å². The van der Waals surface area contributed by atoms with Gasteiger partial charge in [-0.15, -0.1) is 0 Å². The van der Waals surface area contributed by atoms with Crippen LogP contribution in [-0.4, -0.2) is 45.7 Å². The lowest BCUT2D eigenvalue weighted by atomic mass is 10.1. The number of hydrogen-bond acceptors (Lipinski definition) is 3. The van der Waals surface area contributed by atoms with Crippen LogP contribution in [0.2, 0.25) is 0 Å². The second-order valence-electron chi connectivity index (χ2n) is 6.63. The molecular formula is C15H28N4. The van der Waals surface area contributed by atoms with Crippen molar-refractivity contribution in [3.8, 4) is 0 Å². The third kappa shape index (κ3) is 4.32. The van der Waals surface area contributed by atoms with Crippen LogP contribution in [0.4, 0.5) is 0 Å². The number of aryl methyl sites for hydroxylation is 1. The Balaban J connectivity index is 1.80. The molecule has 0 aromatic carbocycles. The fourth-order valence-corrected chi connectivity index (χ4v) is 2.72. The molecule has 1 aliphatic heterocycles. The molecule has 0 saturated carbocycles. The number of aromatic nitrogens is 2. The lowest BCUT2D eigenvalue weighted by molar-refractivity contribution is 0.225. The SMILES string of the molecule is Cc1nccn1CCN1CCCC1CNC(C)(C)C. The van der Waals surface area contributed by atoms with Gasteiger partial charge in [0, 0.05) is 43.6 Å². The van der Waals surface area contributed by atoms with Gasteiger partial charge in [-0.25, -0.2) is 4.98 Å². The maximum absolute atomic E-state index is 4.28. The predicted molar refractivity (Wildman–Crippen MR) is 79.3 cm³/mol. The second-order valence-corrected chi connectivity index (χ2v) is 6.63. The van der Waals surface area contributed by atoms with Crippen molar-refractivity contribution >= 4 is 0 Å². The van der Waals surface area contributed by atoms with E-state index in [0.717, 1.165) is 25.5 Å². The molecule has 2 rings (SSSR count). The third-order valence-electron chi connectivity index (χ3n) is 3.92. The van der Waals surface area contributed by atoms with Crippen LogP contribution < -0.4 is 5.32 Å². The molecule has 4 nitrogen and oxygen atoms in total. The monoisotopic (exact) mass is 264 g/mol. The molecule has 1 aliphatic rings.